The number of urea groups is 1. The smallest absolute Gasteiger partial charge is 0.317 e. The van der Waals surface area contributed by atoms with Crippen molar-refractivity contribution in [1.82, 2.24) is 15.2 Å². The first-order valence-electron chi connectivity index (χ1n) is 9.36. The molecule has 0 saturated carbocycles. The molecule has 144 valence electrons. The fourth-order valence-corrected chi connectivity index (χ4v) is 3.12. The number of amides is 2. The van der Waals surface area contributed by atoms with Crippen molar-refractivity contribution in [2.45, 2.75) is 26.2 Å². The fraction of sp³-hybridized carbons (Fsp3) is 0.450. The Morgan fingerprint density at radius 1 is 1.26 bits per heavy atom. The van der Waals surface area contributed by atoms with E-state index in [1.165, 1.54) is 0 Å². The molecule has 0 aliphatic carbocycles. The van der Waals surface area contributed by atoms with Crippen molar-refractivity contribution < 1.29 is 18.7 Å². The lowest BCUT2D eigenvalue weighted by Crippen LogP contribution is -2.46. The first-order valence-corrected chi connectivity index (χ1v) is 9.36. The van der Waals surface area contributed by atoms with Crippen LogP contribution in [0.1, 0.15) is 25.5 Å². The molecule has 0 unspecified atom stereocenters. The zero-order valence-electron chi connectivity index (χ0n) is 15.5. The number of nitrogens with one attached hydrogen (secondary N) is 1. The molecule has 0 radical (unpaired) electrons. The highest BCUT2D eigenvalue weighted by Crippen LogP contribution is 2.19. The minimum absolute atomic E-state index is 0.0967. The summed E-state index contributed by atoms with van der Waals surface area (Å²) in [6.45, 7) is 3.82. The highest BCUT2D eigenvalue weighted by atomic mass is 16.5. The Kier molecular flexibility index (Phi) is 6.46. The highest BCUT2D eigenvalue weighted by molar-refractivity contribution is 5.76. The van der Waals surface area contributed by atoms with Crippen molar-refractivity contribution in [1.29, 1.82) is 0 Å². The molecule has 0 spiro atoms. The van der Waals surface area contributed by atoms with Gasteiger partial charge >= 0.3 is 12.0 Å². The normalized spacial score (nSPS) is 14.8. The SMILES string of the molecule is CCOC(=O)C1CCN(C(=O)NCCc2coc(-c3ccccc3)n2)CC1. The van der Waals surface area contributed by atoms with Crippen LogP contribution < -0.4 is 5.32 Å². The topological polar surface area (TPSA) is 84.7 Å². The van der Waals surface area contributed by atoms with E-state index in [9.17, 15) is 9.59 Å². The van der Waals surface area contributed by atoms with Gasteiger partial charge in [0.2, 0.25) is 5.89 Å². The Balaban J connectivity index is 1.40. The lowest BCUT2D eigenvalue weighted by atomic mass is 9.97. The summed E-state index contributed by atoms with van der Waals surface area (Å²) >= 11 is 0. The van der Waals surface area contributed by atoms with Gasteiger partial charge in [-0.15, -0.1) is 0 Å². The van der Waals surface area contributed by atoms with Gasteiger partial charge in [0.25, 0.3) is 0 Å². The number of aromatic nitrogens is 1. The van der Waals surface area contributed by atoms with E-state index in [1.54, 1.807) is 18.1 Å². The summed E-state index contributed by atoms with van der Waals surface area (Å²) in [6, 6.07) is 9.59. The molecule has 7 nitrogen and oxygen atoms in total. The average molecular weight is 371 g/mol. The molecule has 7 heteroatoms. The molecule has 2 aromatic rings. The van der Waals surface area contributed by atoms with Crippen molar-refractivity contribution in [3.63, 3.8) is 0 Å². The van der Waals surface area contributed by atoms with Gasteiger partial charge in [-0.25, -0.2) is 9.78 Å². The van der Waals surface area contributed by atoms with Crippen LogP contribution in [0.25, 0.3) is 11.5 Å². The Hall–Kier alpha value is -2.83. The predicted octanol–water partition coefficient (Wildman–Crippen LogP) is 2.87. The maximum Gasteiger partial charge on any atom is 0.317 e. The molecule has 1 aliphatic rings. The molecule has 27 heavy (non-hydrogen) atoms. The maximum atomic E-state index is 12.3. The molecule has 1 aromatic carbocycles. The molecule has 1 aromatic heterocycles. The van der Waals surface area contributed by atoms with Crippen molar-refractivity contribution >= 4 is 12.0 Å². The standard InChI is InChI=1S/C20H25N3O4/c1-2-26-19(24)16-9-12-23(13-10-16)20(25)21-11-8-17-14-27-18(22-17)15-6-4-3-5-7-15/h3-7,14,16H,2,8-13H2,1H3,(H,21,25). The van der Waals surface area contributed by atoms with E-state index in [0.29, 0.717) is 51.4 Å². The van der Waals surface area contributed by atoms with E-state index >= 15 is 0 Å². The number of carbonyl (C=O) groups is 2. The third kappa shape index (κ3) is 5.09. The highest BCUT2D eigenvalue weighted by Gasteiger charge is 2.28. The van der Waals surface area contributed by atoms with Gasteiger partial charge in [-0.05, 0) is 31.9 Å². The summed E-state index contributed by atoms with van der Waals surface area (Å²) < 4.78 is 10.6. The number of nitrogens with zero attached hydrogens (tertiary/aromatic N) is 2. The van der Waals surface area contributed by atoms with Gasteiger partial charge in [0.1, 0.15) is 6.26 Å². The van der Waals surface area contributed by atoms with E-state index in [1.807, 2.05) is 30.3 Å². The van der Waals surface area contributed by atoms with Crippen LogP contribution in [0.5, 0.6) is 0 Å². The number of esters is 1. The summed E-state index contributed by atoms with van der Waals surface area (Å²) in [5.74, 6) is 0.330. The number of piperidine rings is 1. The summed E-state index contributed by atoms with van der Waals surface area (Å²) in [7, 11) is 0. The lowest BCUT2D eigenvalue weighted by molar-refractivity contribution is -0.149. The third-order valence-corrected chi connectivity index (χ3v) is 4.63. The van der Waals surface area contributed by atoms with Crippen molar-refractivity contribution in [2.75, 3.05) is 26.2 Å². The van der Waals surface area contributed by atoms with Crippen molar-refractivity contribution in [3.8, 4) is 11.5 Å². The van der Waals surface area contributed by atoms with Gasteiger partial charge in [0.05, 0.1) is 18.2 Å². The summed E-state index contributed by atoms with van der Waals surface area (Å²) in [5.41, 5.74) is 1.73. The van der Waals surface area contributed by atoms with Crippen LogP contribution in [0.15, 0.2) is 41.0 Å². The quantitative estimate of drug-likeness (QED) is 0.789. The summed E-state index contributed by atoms with van der Waals surface area (Å²) in [6.07, 6.45) is 3.52. The van der Waals surface area contributed by atoms with Crippen LogP contribution in [-0.4, -0.2) is 48.1 Å². The molecule has 1 saturated heterocycles. The lowest BCUT2D eigenvalue weighted by Gasteiger charge is -2.30. The van der Waals surface area contributed by atoms with Gasteiger partial charge in [-0.1, -0.05) is 18.2 Å². The van der Waals surface area contributed by atoms with Gasteiger partial charge in [0.15, 0.2) is 0 Å². The Morgan fingerprint density at radius 2 is 2.00 bits per heavy atom. The molecule has 1 aliphatic heterocycles. The van der Waals surface area contributed by atoms with Crippen LogP contribution in [0, 0.1) is 5.92 Å². The number of oxazole rings is 1. The predicted molar refractivity (Wildman–Crippen MR) is 100.0 cm³/mol. The molecule has 2 heterocycles. The fourth-order valence-electron chi connectivity index (χ4n) is 3.12. The van der Waals surface area contributed by atoms with E-state index in [-0.39, 0.29) is 17.9 Å². The number of likely N-dealkylation sites (tertiary alicyclic amines) is 1. The molecule has 0 atom stereocenters. The molecule has 3 rings (SSSR count). The molecule has 1 fully saturated rings. The van der Waals surface area contributed by atoms with Crippen LogP contribution in [-0.2, 0) is 16.0 Å². The van der Waals surface area contributed by atoms with Gasteiger partial charge < -0.3 is 19.4 Å². The van der Waals surface area contributed by atoms with E-state index in [2.05, 4.69) is 10.3 Å². The van der Waals surface area contributed by atoms with Gasteiger partial charge in [0, 0.05) is 31.6 Å². The van der Waals surface area contributed by atoms with Crippen molar-refractivity contribution in [3.05, 3.63) is 42.3 Å². The van der Waals surface area contributed by atoms with Crippen LogP contribution in [0.4, 0.5) is 4.79 Å². The second-order valence-corrected chi connectivity index (χ2v) is 6.51. The minimum atomic E-state index is -0.155. The zero-order chi connectivity index (χ0) is 19.1. The minimum Gasteiger partial charge on any atom is -0.466 e. The molecular weight excluding hydrogens is 346 g/mol. The second-order valence-electron chi connectivity index (χ2n) is 6.51. The number of rotatable bonds is 6. The molecule has 0 bridgehead atoms. The zero-order valence-corrected chi connectivity index (χ0v) is 15.5. The number of hydrogen-bond donors (Lipinski definition) is 1. The van der Waals surface area contributed by atoms with Gasteiger partial charge in [-0.2, -0.15) is 0 Å². The number of benzene rings is 1. The summed E-state index contributed by atoms with van der Waals surface area (Å²) in [5, 5.41) is 2.91. The van der Waals surface area contributed by atoms with Gasteiger partial charge in [-0.3, -0.25) is 4.79 Å². The monoisotopic (exact) mass is 371 g/mol. The van der Waals surface area contributed by atoms with Crippen LogP contribution >= 0.6 is 0 Å². The largest absolute Gasteiger partial charge is 0.466 e. The number of hydrogen-bond acceptors (Lipinski definition) is 5. The van der Waals surface area contributed by atoms with E-state index in [4.69, 9.17) is 9.15 Å². The second kappa shape index (κ2) is 9.21. The summed E-state index contributed by atoms with van der Waals surface area (Å²) in [4.78, 5) is 30.2. The van der Waals surface area contributed by atoms with E-state index in [0.717, 1.165) is 11.3 Å². The molecular formula is C20H25N3O4. The first kappa shape index (κ1) is 18.9. The molecule has 1 N–H and O–H groups in total. The average Bonchev–Trinajstić information content (AvgIpc) is 3.18. The maximum absolute atomic E-state index is 12.3. The number of ether oxygens (including phenoxy) is 1. The Bertz CT molecular complexity index is 752. The first-order chi connectivity index (χ1) is 13.2. The molecule has 2 amide bonds. The van der Waals surface area contributed by atoms with Crippen LogP contribution in [0.3, 0.4) is 0 Å². The Labute approximate surface area is 158 Å². The number of carbonyl (C=O) groups excluding carboxylic acids is 2. The Morgan fingerprint density at radius 3 is 2.70 bits per heavy atom. The van der Waals surface area contributed by atoms with Crippen molar-refractivity contribution in [2.24, 2.45) is 5.92 Å². The third-order valence-electron chi connectivity index (χ3n) is 4.63. The van der Waals surface area contributed by atoms with Crippen LogP contribution in [0.2, 0.25) is 0 Å². The van der Waals surface area contributed by atoms with E-state index < -0.39 is 0 Å².